The lowest BCUT2D eigenvalue weighted by Gasteiger charge is -2.28. The summed E-state index contributed by atoms with van der Waals surface area (Å²) in [6, 6.07) is 14.8. The first kappa shape index (κ1) is 19.9. The number of carbonyl (C=O) groups excluding carboxylic acids is 1. The average Bonchev–Trinajstić information content (AvgIpc) is 2.66. The summed E-state index contributed by atoms with van der Waals surface area (Å²) in [5.74, 6) is 0.739. The van der Waals surface area contributed by atoms with Crippen LogP contribution in [0.15, 0.2) is 58.3 Å². The minimum Gasteiger partial charge on any atom is -0.311 e. The highest BCUT2D eigenvalue weighted by atomic mass is 32.2. The van der Waals surface area contributed by atoms with E-state index in [2.05, 4.69) is 4.72 Å². The second kappa shape index (κ2) is 8.46. The summed E-state index contributed by atoms with van der Waals surface area (Å²) in [6.07, 6.45) is 1.52. The Morgan fingerprint density at radius 3 is 2.67 bits per heavy atom. The van der Waals surface area contributed by atoms with Crippen molar-refractivity contribution < 1.29 is 13.2 Å². The normalized spacial score (nSPS) is 15.3. The number of anilines is 1. The van der Waals surface area contributed by atoms with E-state index in [0.717, 1.165) is 17.1 Å². The van der Waals surface area contributed by atoms with Crippen LogP contribution in [0.1, 0.15) is 25.8 Å². The summed E-state index contributed by atoms with van der Waals surface area (Å²) < 4.78 is 28.3. The largest absolute Gasteiger partial charge is 0.311 e. The van der Waals surface area contributed by atoms with Gasteiger partial charge in [0, 0.05) is 30.2 Å². The minimum atomic E-state index is -3.64. The maximum absolute atomic E-state index is 12.8. The van der Waals surface area contributed by atoms with Crippen LogP contribution < -0.4 is 9.62 Å². The van der Waals surface area contributed by atoms with E-state index >= 15 is 0 Å². The fourth-order valence-corrected chi connectivity index (χ4v) is 5.38. The molecule has 0 aromatic heterocycles. The fourth-order valence-electron chi connectivity index (χ4n) is 3.11. The van der Waals surface area contributed by atoms with Crippen LogP contribution in [0.2, 0.25) is 0 Å². The van der Waals surface area contributed by atoms with Crippen molar-refractivity contribution in [1.82, 2.24) is 4.72 Å². The van der Waals surface area contributed by atoms with Gasteiger partial charge in [-0.25, -0.2) is 13.1 Å². The summed E-state index contributed by atoms with van der Waals surface area (Å²) >= 11 is 1.64. The van der Waals surface area contributed by atoms with E-state index < -0.39 is 10.0 Å². The first-order valence-electron chi connectivity index (χ1n) is 8.98. The van der Waals surface area contributed by atoms with E-state index in [1.807, 2.05) is 37.3 Å². The number of rotatable bonds is 6. The van der Waals surface area contributed by atoms with Crippen LogP contribution >= 0.6 is 11.8 Å². The van der Waals surface area contributed by atoms with E-state index in [-0.39, 0.29) is 16.8 Å². The van der Waals surface area contributed by atoms with Crippen LogP contribution in [0.3, 0.4) is 0 Å². The molecule has 0 bridgehead atoms. The lowest BCUT2D eigenvalue weighted by Crippen LogP contribution is -2.35. The molecule has 1 aliphatic rings. The standard InChI is InChI=1S/C20H24N2O3S2/c1-15(8-9-17-6-4-3-5-7-17)21-27(24,25)18-10-11-20-19(14-18)22(16(2)23)12-13-26-20/h3-7,10-11,14-15,21H,8-9,12-13H2,1-2H3/t15-/m1/s1. The van der Waals surface area contributed by atoms with Crippen LogP contribution in [0.5, 0.6) is 0 Å². The molecule has 0 spiro atoms. The molecule has 0 unspecified atom stereocenters. The van der Waals surface area contributed by atoms with Crippen molar-refractivity contribution in [3.05, 3.63) is 54.1 Å². The van der Waals surface area contributed by atoms with Crippen molar-refractivity contribution in [2.45, 2.75) is 42.5 Å². The van der Waals surface area contributed by atoms with Crippen molar-refractivity contribution in [2.75, 3.05) is 17.2 Å². The second-order valence-electron chi connectivity index (χ2n) is 6.70. The third kappa shape index (κ3) is 4.91. The summed E-state index contributed by atoms with van der Waals surface area (Å²) in [6.45, 7) is 3.97. The van der Waals surface area contributed by atoms with Gasteiger partial charge in [0.1, 0.15) is 0 Å². The van der Waals surface area contributed by atoms with Gasteiger partial charge in [-0.2, -0.15) is 0 Å². The van der Waals surface area contributed by atoms with E-state index in [1.54, 1.807) is 34.9 Å². The molecule has 1 N–H and O–H groups in total. The number of sulfonamides is 1. The number of amides is 1. The SMILES string of the molecule is CC(=O)N1CCSc2ccc(S(=O)(=O)N[C@H](C)CCc3ccccc3)cc21. The van der Waals surface area contributed by atoms with Crippen LogP contribution in [-0.2, 0) is 21.2 Å². The van der Waals surface area contributed by atoms with E-state index in [4.69, 9.17) is 0 Å². The van der Waals surface area contributed by atoms with Crippen molar-refractivity contribution in [3.63, 3.8) is 0 Å². The predicted octanol–water partition coefficient (Wildman–Crippen LogP) is 3.44. The molecular weight excluding hydrogens is 380 g/mol. The quantitative estimate of drug-likeness (QED) is 0.801. The van der Waals surface area contributed by atoms with E-state index in [1.165, 1.54) is 12.5 Å². The highest BCUT2D eigenvalue weighted by molar-refractivity contribution is 7.99. The van der Waals surface area contributed by atoms with Gasteiger partial charge in [0.05, 0.1) is 10.6 Å². The number of hydrogen-bond donors (Lipinski definition) is 1. The molecule has 0 aliphatic carbocycles. The topological polar surface area (TPSA) is 66.5 Å². The number of benzene rings is 2. The van der Waals surface area contributed by atoms with Crippen LogP contribution in [0.25, 0.3) is 0 Å². The number of fused-ring (bicyclic) bond motifs is 1. The molecular formula is C20H24N2O3S2. The molecule has 3 rings (SSSR count). The summed E-state index contributed by atoms with van der Waals surface area (Å²) in [5, 5.41) is 0. The Kier molecular flexibility index (Phi) is 6.24. The van der Waals surface area contributed by atoms with Crippen molar-refractivity contribution in [1.29, 1.82) is 0 Å². The number of thioether (sulfide) groups is 1. The van der Waals surface area contributed by atoms with Gasteiger partial charge in [-0.3, -0.25) is 4.79 Å². The molecule has 2 aromatic carbocycles. The van der Waals surface area contributed by atoms with Crippen LogP contribution in [0.4, 0.5) is 5.69 Å². The van der Waals surface area contributed by atoms with E-state index in [9.17, 15) is 13.2 Å². The first-order valence-corrected chi connectivity index (χ1v) is 11.4. The zero-order valence-corrected chi connectivity index (χ0v) is 17.1. The van der Waals surface area contributed by atoms with Crippen LogP contribution in [-0.4, -0.2) is 32.7 Å². The van der Waals surface area contributed by atoms with Gasteiger partial charge in [-0.1, -0.05) is 30.3 Å². The molecule has 1 atom stereocenters. The van der Waals surface area contributed by atoms with Gasteiger partial charge in [-0.15, -0.1) is 11.8 Å². The molecule has 0 saturated heterocycles. The monoisotopic (exact) mass is 404 g/mol. The lowest BCUT2D eigenvalue weighted by atomic mass is 10.1. The summed E-state index contributed by atoms with van der Waals surface area (Å²) in [7, 11) is -3.64. The Hall–Kier alpha value is -1.83. The Bertz CT molecular complexity index is 914. The summed E-state index contributed by atoms with van der Waals surface area (Å²) in [4.78, 5) is 14.6. The van der Waals surface area contributed by atoms with Crippen molar-refractivity contribution in [2.24, 2.45) is 0 Å². The third-order valence-electron chi connectivity index (χ3n) is 4.55. The number of nitrogens with zero attached hydrogens (tertiary/aromatic N) is 1. The van der Waals surface area contributed by atoms with Gasteiger partial charge in [-0.05, 0) is 43.5 Å². The Labute approximate surface area is 165 Å². The predicted molar refractivity (Wildman–Crippen MR) is 110 cm³/mol. The maximum Gasteiger partial charge on any atom is 0.240 e. The second-order valence-corrected chi connectivity index (χ2v) is 9.55. The molecule has 27 heavy (non-hydrogen) atoms. The Balaban J connectivity index is 1.73. The molecule has 0 saturated carbocycles. The number of carbonyl (C=O) groups is 1. The number of aryl methyl sites for hydroxylation is 1. The van der Waals surface area contributed by atoms with Crippen LogP contribution in [0, 0.1) is 0 Å². The molecule has 5 nitrogen and oxygen atoms in total. The molecule has 1 aliphatic heterocycles. The lowest BCUT2D eigenvalue weighted by molar-refractivity contribution is -0.116. The smallest absolute Gasteiger partial charge is 0.240 e. The molecule has 7 heteroatoms. The average molecular weight is 405 g/mol. The Morgan fingerprint density at radius 2 is 1.96 bits per heavy atom. The molecule has 144 valence electrons. The van der Waals surface area contributed by atoms with Crippen molar-refractivity contribution in [3.8, 4) is 0 Å². The van der Waals surface area contributed by atoms with Gasteiger partial charge in [0.2, 0.25) is 15.9 Å². The summed E-state index contributed by atoms with van der Waals surface area (Å²) in [5.41, 5.74) is 1.87. The molecule has 2 aromatic rings. The molecule has 0 radical (unpaired) electrons. The maximum atomic E-state index is 12.8. The zero-order chi connectivity index (χ0) is 19.4. The highest BCUT2D eigenvalue weighted by Gasteiger charge is 2.24. The molecule has 1 heterocycles. The highest BCUT2D eigenvalue weighted by Crippen LogP contribution is 2.36. The first-order chi connectivity index (χ1) is 12.9. The van der Waals surface area contributed by atoms with E-state index in [0.29, 0.717) is 18.7 Å². The van der Waals surface area contributed by atoms with Crippen molar-refractivity contribution >= 4 is 33.4 Å². The number of nitrogens with one attached hydrogen (secondary N) is 1. The zero-order valence-electron chi connectivity index (χ0n) is 15.5. The third-order valence-corrected chi connectivity index (χ3v) is 7.18. The molecule has 0 fully saturated rings. The Morgan fingerprint density at radius 1 is 1.22 bits per heavy atom. The van der Waals surface area contributed by atoms with Gasteiger partial charge in [0.25, 0.3) is 0 Å². The molecule has 1 amide bonds. The van der Waals surface area contributed by atoms with Gasteiger partial charge in [0.15, 0.2) is 0 Å². The fraction of sp³-hybridized carbons (Fsp3) is 0.350. The number of hydrogen-bond acceptors (Lipinski definition) is 4. The van der Waals surface area contributed by atoms with Gasteiger partial charge < -0.3 is 4.90 Å². The minimum absolute atomic E-state index is 0.0738. The van der Waals surface area contributed by atoms with Gasteiger partial charge >= 0.3 is 0 Å².